The minimum absolute atomic E-state index is 0.142. The molecule has 3 aromatic rings. The van der Waals surface area contributed by atoms with E-state index in [1.807, 2.05) is 48.5 Å². The maximum absolute atomic E-state index is 5.23. The van der Waals surface area contributed by atoms with Gasteiger partial charge in [-0.3, -0.25) is 4.98 Å². The Morgan fingerprint density at radius 2 is 1.75 bits per heavy atom. The highest BCUT2D eigenvalue weighted by molar-refractivity contribution is 5.78. The number of para-hydroxylation sites is 3. The molecule has 0 bridgehead atoms. The summed E-state index contributed by atoms with van der Waals surface area (Å²) in [6, 6.07) is 15.6. The third kappa shape index (κ3) is 1.73. The van der Waals surface area contributed by atoms with E-state index in [4.69, 9.17) is 4.84 Å². The summed E-state index contributed by atoms with van der Waals surface area (Å²) in [5, 5.41) is 3.84. The lowest BCUT2D eigenvalue weighted by Gasteiger charge is -2.17. The van der Waals surface area contributed by atoms with Crippen LogP contribution in [-0.2, 0) is 0 Å². The minimum atomic E-state index is -0.142. The van der Waals surface area contributed by atoms with Crippen LogP contribution in [0.15, 0.2) is 59.9 Å². The number of fused-ring (bicyclic) bond motifs is 2. The highest BCUT2D eigenvalue weighted by atomic mass is 16.6. The molecule has 4 nitrogen and oxygen atoms in total. The van der Waals surface area contributed by atoms with Gasteiger partial charge in [0.1, 0.15) is 6.21 Å². The molecule has 1 aromatic heterocycles. The van der Waals surface area contributed by atoms with Crippen LogP contribution in [0.5, 0.6) is 5.75 Å². The van der Waals surface area contributed by atoms with E-state index in [1.165, 1.54) is 0 Å². The van der Waals surface area contributed by atoms with Crippen molar-refractivity contribution in [3.63, 3.8) is 0 Å². The lowest BCUT2D eigenvalue weighted by Crippen LogP contribution is -2.11. The Bertz CT molecular complexity index is 813. The monoisotopic (exact) mass is 260 g/mol. The summed E-state index contributed by atoms with van der Waals surface area (Å²) in [4.78, 5) is 14.3. The average molecular weight is 260 g/mol. The average Bonchev–Trinajstić information content (AvgIpc) is 2.54. The molecule has 0 spiro atoms. The van der Waals surface area contributed by atoms with Gasteiger partial charge >= 0.3 is 0 Å². The van der Waals surface area contributed by atoms with Gasteiger partial charge in [-0.1, -0.05) is 35.5 Å². The standard InChI is InChI=1S/C16H10N3O/c1-4-8-16-11(5-1)12(9-18-20-16)15-10-17-13-6-2-3-7-14(13)19-15/h1-8,10,12H. The zero-order chi connectivity index (χ0) is 13.4. The van der Waals surface area contributed by atoms with E-state index in [0.29, 0.717) is 0 Å². The van der Waals surface area contributed by atoms with Crippen LogP contribution in [0, 0.1) is 0 Å². The predicted octanol–water partition coefficient (Wildman–Crippen LogP) is 3.02. The molecule has 95 valence electrons. The van der Waals surface area contributed by atoms with E-state index in [9.17, 15) is 0 Å². The van der Waals surface area contributed by atoms with Gasteiger partial charge in [0.05, 0.1) is 28.8 Å². The predicted molar refractivity (Wildman–Crippen MR) is 75.9 cm³/mol. The number of aromatic nitrogens is 2. The minimum Gasteiger partial charge on any atom is -0.356 e. The Labute approximate surface area is 115 Å². The number of hydrogen-bond donors (Lipinski definition) is 0. The van der Waals surface area contributed by atoms with Gasteiger partial charge in [0.15, 0.2) is 5.75 Å². The highest BCUT2D eigenvalue weighted by Gasteiger charge is 2.22. The van der Waals surface area contributed by atoms with Crippen molar-refractivity contribution in [3.8, 4) is 5.75 Å². The summed E-state index contributed by atoms with van der Waals surface area (Å²) >= 11 is 0. The molecular formula is C16H10N3O. The smallest absolute Gasteiger partial charge is 0.162 e. The Morgan fingerprint density at radius 1 is 0.950 bits per heavy atom. The van der Waals surface area contributed by atoms with Crippen LogP contribution in [-0.4, -0.2) is 16.2 Å². The van der Waals surface area contributed by atoms with Crippen LogP contribution in [0.3, 0.4) is 0 Å². The molecule has 1 aliphatic rings. The maximum atomic E-state index is 5.23. The first-order valence-electron chi connectivity index (χ1n) is 6.35. The highest BCUT2D eigenvalue weighted by Crippen LogP contribution is 2.32. The lowest BCUT2D eigenvalue weighted by atomic mass is 9.95. The molecule has 0 N–H and O–H groups in total. The Hall–Kier alpha value is -2.75. The molecule has 0 saturated carbocycles. The SMILES string of the molecule is [C]1=NOc2ccccc2C1c1cnc2ccccc2n1. The molecule has 4 heteroatoms. The summed E-state index contributed by atoms with van der Waals surface area (Å²) in [7, 11) is 0. The van der Waals surface area contributed by atoms with Crippen molar-refractivity contribution in [2.45, 2.75) is 5.92 Å². The summed E-state index contributed by atoms with van der Waals surface area (Å²) < 4.78 is 0. The van der Waals surface area contributed by atoms with Gasteiger partial charge in [0.25, 0.3) is 0 Å². The van der Waals surface area contributed by atoms with Gasteiger partial charge in [-0.25, -0.2) is 4.98 Å². The van der Waals surface area contributed by atoms with Crippen LogP contribution in [0.1, 0.15) is 17.2 Å². The summed E-state index contributed by atoms with van der Waals surface area (Å²) in [5.74, 6) is 0.600. The molecular weight excluding hydrogens is 250 g/mol. The van der Waals surface area contributed by atoms with Gasteiger partial charge in [-0.2, -0.15) is 0 Å². The van der Waals surface area contributed by atoms with Crippen molar-refractivity contribution < 1.29 is 4.84 Å². The molecule has 1 atom stereocenters. The molecule has 1 unspecified atom stereocenters. The van der Waals surface area contributed by atoms with Gasteiger partial charge in [0.2, 0.25) is 0 Å². The van der Waals surface area contributed by atoms with Crippen molar-refractivity contribution in [1.82, 2.24) is 9.97 Å². The zero-order valence-corrected chi connectivity index (χ0v) is 10.5. The van der Waals surface area contributed by atoms with Crippen molar-refractivity contribution in [2.75, 3.05) is 0 Å². The van der Waals surface area contributed by atoms with Gasteiger partial charge in [0, 0.05) is 5.56 Å². The molecule has 1 aliphatic heterocycles. The van der Waals surface area contributed by atoms with Crippen LogP contribution >= 0.6 is 0 Å². The Balaban J connectivity index is 1.86. The summed E-state index contributed by atoms with van der Waals surface area (Å²) in [5.41, 5.74) is 3.58. The van der Waals surface area contributed by atoms with Gasteiger partial charge in [-0.15, -0.1) is 0 Å². The fraction of sp³-hybridized carbons (Fsp3) is 0.0625. The fourth-order valence-electron chi connectivity index (χ4n) is 2.34. The molecule has 0 saturated heterocycles. The fourth-order valence-corrected chi connectivity index (χ4v) is 2.34. The lowest BCUT2D eigenvalue weighted by molar-refractivity contribution is 0.331. The van der Waals surface area contributed by atoms with Crippen molar-refractivity contribution in [2.24, 2.45) is 5.16 Å². The van der Waals surface area contributed by atoms with Crippen LogP contribution in [0.4, 0.5) is 0 Å². The third-order valence-corrected chi connectivity index (χ3v) is 3.32. The Morgan fingerprint density at radius 3 is 2.70 bits per heavy atom. The van der Waals surface area contributed by atoms with Gasteiger partial charge in [-0.05, 0) is 18.2 Å². The molecule has 2 heterocycles. The van der Waals surface area contributed by atoms with E-state index >= 15 is 0 Å². The second-order valence-corrected chi connectivity index (χ2v) is 4.57. The molecule has 2 aromatic carbocycles. The maximum Gasteiger partial charge on any atom is 0.162 e. The first-order valence-corrected chi connectivity index (χ1v) is 6.35. The number of rotatable bonds is 1. The molecule has 0 aliphatic carbocycles. The third-order valence-electron chi connectivity index (χ3n) is 3.32. The van der Waals surface area contributed by atoms with Crippen LogP contribution < -0.4 is 4.84 Å². The normalized spacial score (nSPS) is 16.7. The number of nitrogens with zero attached hydrogens (tertiary/aromatic N) is 3. The quantitative estimate of drug-likeness (QED) is 0.675. The molecule has 0 amide bonds. The van der Waals surface area contributed by atoms with E-state index < -0.39 is 0 Å². The van der Waals surface area contributed by atoms with E-state index in [2.05, 4.69) is 21.3 Å². The first-order chi connectivity index (χ1) is 9.92. The van der Waals surface area contributed by atoms with Crippen LogP contribution in [0.2, 0.25) is 0 Å². The second kappa shape index (κ2) is 4.42. The molecule has 0 fully saturated rings. The zero-order valence-electron chi connectivity index (χ0n) is 10.5. The number of benzene rings is 2. The Kier molecular flexibility index (Phi) is 2.45. The first kappa shape index (κ1) is 11.1. The molecule has 4 rings (SSSR count). The van der Waals surface area contributed by atoms with E-state index in [0.717, 1.165) is 28.0 Å². The number of hydrogen-bond acceptors (Lipinski definition) is 4. The molecule has 1 radical (unpaired) electrons. The van der Waals surface area contributed by atoms with Crippen molar-refractivity contribution >= 4 is 17.2 Å². The van der Waals surface area contributed by atoms with E-state index in [1.54, 1.807) is 6.20 Å². The van der Waals surface area contributed by atoms with Gasteiger partial charge < -0.3 is 4.84 Å². The largest absolute Gasteiger partial charge is 0.356 e. The topological polar surface area (TPSA) is 47.4 Å². The van der Waals surface area contributed by atoms with E-state index in [-0.39, 0.29) is 5.92 Å². The van der Waals surface area contributed by atoms with Crippen molar-refractivity contribution in [3.05, 3.63) is 66.0 Å². The summed E-state index contributed by atoms with van der Waals surface area (Å²) in [6.45, 7) is 0. The summed E-state index contributed by atoms with van der Waals surface area (Å²) in [6.07, 6.45) is 4.73. The van der Waals surface area contributed by atoms with Crippen molar-refractivity contribution in [1.29, 1.82) is 0 Å². The molecule has 20 heavy (non-hydrogen) atoms. The van der Waals surface area contributed by atoms with Crippen LogP contribution in [0.25, 0.3) is 11.0 Å². The second-order valence-electron chi connectivity index (χ2n) is 4.57.